The molecule has 1 fully saturated rings. The second-order valence-corrected chi connectivity index (χ2v) is 4.62. The molecule has 1 atom stereocenters. The van der Waals surface area contributed by atoms with E-state index in [2.05, 4.69) is 0 Å². The molecular weight excluding hydrogens is 267 g/mol. The molecule has 18 heavy (non-hydrogen) atoms. The summed E-state index contributed by atoms with van der Waals surface area (Å²) in [6, 6.07) is -2.48. The van der Waals surface area contributed by atoms with Gasteiger partial charge in [-0.25, -0.2) is 0 Å². The van der Waals surface area contributed by atoms with Crippen LogP contribution in [0, 0.1) is 5.92 Å². The molecular formula is C10H14F7N. The molecule has 0 radical (unpaired) electrons. The third kappa shape index (κ3) is 2.57. The Labute approximate surface area is 99.5 Å². The quantitative estimate of drug-likeness (QED) is 0.784. The molecule has 0 amide bonds. The molecule has 1 aliphatic carbocycles. The van der Waals surface area contributed by atoms with Gasteiger partial charge in [0.2, 0.25) is 0 Å². The van der Waals surface area contributed by atoms with Crippen molar-refractivity contribution in [2.45, 2.75) is 56.2 Å². The van der Waals surface area contributed by atoms with Crippen LogP contribution in [0.15, 0.2) is 0 Å². The standard InChI is InChI=1S/C10H14F7N/c11-8(12,9(13,14)10(15,16)17)7(18)6-4-2-1-3-5-6/h6-7H,1-5,18H2/t7-/m1/s1. The number of nitrogens with two attached hydrogens (primary N) is 1. The van der Waals surface area contributed by atoms with Crippen molar-refractivity contribution < 1.29 is 30.7 Å². The summed E-state index contributed by atoms with van der Waals surface area (Å²) in [5, 5.41) is 0. The van der Waals surface area contributed by atoms with Gasteiger partial charge in [0, 0.05) is 0 Å². The summed E-state index contributed by atoms with van der Waals surface area (Å²) in [5.74, 6) is -12.4. The van der Waals surface area contributed by atoms with Crippen molar-refractivity contribution in [2.24, 2.45) is 11.7 Å². The van der Waals surface area contributed by atoms with Gasteiger partial charge in [-0.1, -0.05) is 19.3 Å². The molecule has 0 bridgehead atoms. The Hall–Kier alpha value is -0.530. The van der Waals surface area contributed by atoms with Crippen LogP contribution in [0.2, 0.25) is 0 Å². The molecule has 0 heterocycles. The molecule has 0 unspecified atom stereocenters. The fourth-order valence-corrected chi connectivity index (χ4v) is 2.19. The molecule has 1 aliphatic rings. The Kier molecular flexibility index (Phi) is 4.19. The van der Waals surface area contributed by atoms with Gasteiger partial charge in [-0.3, -0.25) is 0 Å². The summed E-state index contributed by atoms with van der Waals surface area (Å²) >= 11 is 0. The van der Waals surface area contributed by atoms with E-state index in [0.717, 1.165) is 6.42 Å². The van der Waals surface area contributed by atoms with Gasteiger partial charge in [-0.05, 0) is 18.8 Å². The molecule has 0 aromatic heterocycles. The van der Waals surface area contributed by atoms with E-state index in [0.29, 0.717) is 12.8 Å². The van der Waals surface area contributed by atoms with Gasteiger partial charge in [0.25, 0.3) is 0 Å². The van der Waals surface area contributed by atoms with Crippen LogP contribution in [0.3, 0.4) is 0 Å². The maximum atomic E-state index is 13.3. The summed E-state index contributed by atoms with van der Waals surface area (Å²) in [6.45, 7) is 0. The first-order chi connectivity index (χ1) is 8.02. The van der Waals surface area contributed by atoms with E-state index in [1.54, 1.807) is 0 Å². The largest absolute Gasteiger partial charge is 0.459 e. The lowest BCUT2D eigenvalue weighted by molar-refractivity contribution is -0.361. The molecule has 108 valence electrons. The van der Waals surface area contributed by atoms with Crippen LogP contribution < -0.4 is 5.73 Å². The van der Waals surface area contributed by atoms with Gasteiger partial charge in [0.1, 0.15) is 0 Å². The molecule has 0 aromatic rings. The zero-order chi connectivity index (χ0) is 14.2. The highest BCUT2D eigenvalue weighted by Crippen LogP contribution is 2.49. The lowest BCUT2D eigenvalue weighted by Gasteiger charge is -2.37. The fraction of sp³-hybridized carbons (Fsp3) is 1.00. The summed E-state index contributed by atoms with van der Waals surface area (Å²) in [7, 11) is 0. The summed E-state index contributed by atoms with van der Waals surface area (Å²) in [5.41, 5.74) is 4.98. The van der Waals surface area contributed by atoms with Crippen LogP contribution >= 0.6 is 0 Å². The average Bonchev–Trinajstić information content (AvgIpc) is 2.27. The third-order valence-corrected chi connectivity index (χ3v) is 3.35. The minimum Gasteiger partial charge on any atom is -0.322 e. The molecule has 2 N–H and O–H groups in total. The van der Waals surface area contributed by atoms with Crippen LogP contribution in [-0.2, 0) is 0 Å². The molecule has 1 nitrogen and oxygen atoms in total. The maximum Gasteiger partial charge on any atom is 0.459 e. The number of hydrogen-bond acceptors (Lipinski definition) is 1. The Balaban J connectivity index is 2.90. The predicted molar refractivity (Wildman–Crippen MR) is 50.5 cm³/mol. The van der Waals surface area contributed by atoms with Crippen LogP contribution in [0.4, 0.5) is 30.7 Å². The Morgan fingerprint density at radius 3 is 1.67 bits per heavy atom. The molecule has 8 heteroatoms. The summed E-state index contributed by atoms with van der Waals surface area (Å²) < 4.78 is 88.0. The van der Waals surface area contributed by atoms with Gasteiger partial charge in [0.15, 0.2) is 0 Å². The molecule has 1 saturated carbocycles. The Bertz CT molecular complexity index is 280. The normalized spacial score (nSPS) is 22.0. The summed E-state index contributed by atoms with van der Waals surface area (Å²) in [6.07, 6.45) is -4.19. The minimum absolute atomic E-state index is 0.157. The van der Waals surface area contributed by atoms with Crippen molar-refractivity contribution in [1.82, 2.24) is 0 Å². The highest BCUT2D eigenvalue weighted by molar-refractivity contribution is 5.00. The van der Waals surface area contributed by atoms with E-state index in [4.69, 9.17) is 5.73 Å². The van der Waals surface area contributed by atoms with Crippen molar-refractivity contribution in [3.8, 4) is 0 Å². The second-order valence-electron chi connectivity index (χ2n) is 4.62. The summed E-state index contributed by atoms with van der Waals surface area (Å²) in [4.78, 5) is 0. The molecule has 0 aromatic carbocycles. The third-order valence-electron chi connectivity index (χ3n) is 3.35. The topological polar surface area (TPSA) is 26.0 Å². The zero-order valence-electron chi connectivity index (χ0n) is 9.41. The van der Waals surface area contributed by atoms with Crippen LogP contribution in [0.1, 0.15) is 32.1 Å². The lowest BCUT2D eigenvalue weighted by Crippen LogP contribution is -2.62. The second kappa shape index (κ2) is 4.86. The van der Waals surface area contributed by atoms with Gasteiger partial charge in [-0.15, -0.1) is 0 Å². The van der Waals surface area contributed by atoms with E-state index in [-0.39, 0.29) is 12.8 Å². The number of rotatable bonds is 3. The van der Waals surface area contributed by atoms with E-state index in [1.165, 1.54) is 0 Å². The van der Waals surface area contributed by atoms with E-state index < -0.39 is 30.0 Å². The van der Waals surface area contributed by atoms with Gasteiger partial charge in [0.05, 0.1) is 6.04 Å². The monoisotopic (exact) mass is 281 g/mol. The van der Waals surface area contributed by atoms with E-state index in [9.17, 15) is 30.7 Å². The maximum absolute atomic E-state index is 13.3. The van der Waals surface area contributed by atoms with Crippen LogP contribution in [-0.4, -0.2) is 24.1 Å². The first kappa shape index (κ1) is 15.5. The molecule has 1 rings (SSSR count). The molecule has 0 spiro atoms. The Morgan fingerprint density at radius 1 is 0.833 bits per heavy atom. The van der Waals surface area contributed by atoms with Gasteiger partial charge in [-0.2, -0.15) is 30.7 Å². The number of alkyl halides is 7. The number of hydrogen-bond donors (Lipinski definition) is 1. The van der Waals surface area contributed by atoms with Crippen molar-refractivity contribution in [2.75, 3.05) is 0 Å². The van der Waals surface area contributed by atoms with E-state index in [1.807, 2.05) is 0 Å². The van der Waals surface area contributed by atoms with Crippen molar-refractivity contribution in [3.63, 3.8) is 0 Å². The first-order valence-electron chi connectivity index (χ1n) is 5.59. The van der Waals surface area contributed by atoms with Gasteiger partial charge < -0.3 is 5.73 Å². The van der Waals surface area contributed by atoms with E-state index >= 15 is 0 Å². The van der Waals surface area contributed by atoms with Crippen LogP contribution in [0.25, 0.3) is 0 Å². The average molecular weight is 281 g/mol. The molecule has 0 saturated heterocycles. The molecule has 0 aliphatic heterocycles. The van der Waals surface area contributed by atoms with Gasteiger partial charge >= 0.3 is 18.0 Å². The zero-order valence-corrected chi connectivity index (χ0v) is 9.41. The highest BCUT2D eigenvalue weighted by atomic mass is 19.4. The van der Waals surface area contributed by atoms with Crippen molar-refractivity contribution >= 4 is 0 Å². The Morgan fingerprint density at radius 2 is 1.28 bits per heavy atom. The van der Waals surface area contributed by atoms with Crippen molar-refractivity contribution in [1.29, 1.82) is 0 Å². The highest BCUT2D eigenvalue weighted by Gasteiger charge is 2.75. The minimum atomic E-state index is -6.30. The van der Waals surface area contributed by atoms with Crippen molar-refractivity contribution in [3.05, 3.63) is 0 Å². The van der Waals surface area contributed by atoms with Crippen LogP contribution in [0.5, 0.6) is 0 Å². The smallest absolute Gasteiger partial charge is 0.322 e. The fourth-order valence-electron chi connectivity index (χ4n) is 2.19. The first-order valence-corrected chi connectivity index (χ1v) is 5.59. The predicted octanol–water partition coefficient (Wildman–Crippen LogP) is 3.73. The SMILES string of the molecule is N[C@H](C1CCCCC1)C(F)(F)C(F)(F)C(F)(F)F. The number of halogens is 7. The lowest BCUT2D eigenvalue weighted by atomic mass is 9.80.